The van der Waals surface area contributed by atoms with E-state index < -0.39 is 0 Å². The van der Waals surface area contributed by atoms with Crippen LogP contribution in [-0.2, 0) is 0 Å². The Morgan fingerprint density at radius 2 is 2.00 bits per heavy atom. The lowest BCUT2D eigenvalue weighted by atomic mass is 10.1. The number of hydrazone groups is 1. The van der Waals surface area contributed by atoms with E-state index in [1.54, 1.807) is 36.4 Å². The smallest absolute Gasteiger partial charge is 0.267 e. The number of nitrogens with zero attached hydrogens (tertiary/aromatic N) is 2. The number of halogens is 1. The number of benzene rings is 2. The molecule has 0 aliphatic heterocycles. The van der Waals surface area contributed by atoms with Gasteiger partial charge in [0.25, 0.3) is 5.91 Å². The molecule has 0 saturated carbocycles. The molecule has 0 aliphatic rings. The maximum Gasteiger partial charge on any atom is 0.271 e. The Balaban J connectivity index is 2.01. The first kappa shape index (κ1) is 14.9. The zero-order valence-electron chi connectivity index (χ0n) is 11.3. The number of hydrogen-bond donors (Lipinski definition) is 1. The number of hydrogen-bond acceptors (Lipinski definition) is 3. The largest absolute Gasteiger partial charge is 0.271 e. The molecular weight excluding hydrogens is 330 g/mol. The van der Waals surface area contributed by atoms with Crippen LogP contribution in [0.2, 0.25) is 0 Å². The van der Waals surface area contributed by atoms with Crippen molar-refractivity contribution >= 4 is 28.1 Å². The molecule has 0 spiro atoms. The summed E-state index contributed by atoms with van der Waals surface area (Å²) in [4.78, 5) is 11.9. The minimum Gasteiger partial charge on any atom is -0.267 e. The average Bonchev–Trinajstić information content (AvgIpc) is 2.50. The lowest BCUT2D eigenvalue weighted by Crippen LogP contribution is -2.17. The standard InChI is InChI=1S/C16H12BrN3O/c1-11-2-7-14(8-15(11)17)16(21)20-19-10-13-5-3-12(9-18)4-6-13/h2-8,10H,1H3,(H,20,21)/b19-10+. The molecule has 104 valence electrons. The van der Waals surface area contributed by atoms with E-state index in [0.29, 0.717) is 11.1 Å². The highest BCUT2D eigenvalue weighted by atomic mass is 79.9. The van der Waals surface area contributed by atoms with Gasteiger partial charge in [-0.25, -0.2) is 5.43 Å². The van der Waals surface area contributed by atoms with Crippen LogP contribution in [0.1, 0.15) is 27.0 Å². The van der Waals surface area contributed by atoms with Gasteiger partial charge in [-0.3, -0.25) is 4.79 Å². The molecule has 1 amide bonds. The molecule has 5 heteroatoms. The summed E-state index contributed by atoms with van der Waals surface area (Å²) < 4.78 is 0.881. The first-order valence-electron chi connectivity index (χ1n) is 6.20. The quantitative estimate of drug-likeness (QED) is 0.686. The van der Waals surface area contributed by atoms with E-state index in [0.717, 1.165) is 15.6 Å². The fourth-order valence-corrected chi connectivity index (χ4v) is 1.99. The SMILES string of the molecule is Cc1ccc(C(=O)N/N=C/c2ccc(C#N)cc2)cc1Br. The number of nitriles is 1. The molecular formula is C16H12BrN3O. The Hall–Kier alpha value is -2.45. The van der Waals surface area contributed by atoms with E-state index in [1.165, 1.54) is 6.21 Å². The Labute approximate surface area is 131 Å². The summed E-state index contributed by atoms with van der Waals surface area (Å²) in [5.41, 5.74) is 5.45. The summed E-state index contributed by atoms with van der Waals surface area (Å²) in [7, 11) is 0. The predicted octanol–water partition coefficient (Wildman–Crippen LogP) is 3.39. The summed E-state index contributed by atoms with van der Waals surface area (Å²) in [6.07, 6.45) is 1.53. The minimum atomic E-state index is -0.277. The van der Waals surface area contributed by atoms with Crippen molar-refractivity contribution in [1.29, 1.82) is 5.26 Å². The van der Waals surface area contributed by atoms with Crippen molar-refractivity contribution in [3.8, 4) is 6.07 Å². The van der Waals surface area contributed by atoms with E-state index in [-0.39, 0.29) is 5.91 Å². The molecule has 0 bridgehead atoms. The van der Waals surface area contributed by atoms with Crippen molar-refractivity contribution in [1.82, 2.24) is 5.43 Å². The predicted molar refractivity (Wildman–Crippen MR) is 85.1 cm³/mol. The van der Waals surface area contributed by atoms with Gasteiger partial charge in [0.15, 0.2) is 0 Å². The molecule has 0 heterocycles. The molecule has 0 radical (unpaired) electrons. The van der Waals surface area contributed by atoms with Gasteiger partial charge >= 0.3 is 0 Å². The van der Waals surface area contributed by atoms with Gasteiger partial charge in [-0.05, 0) is 42.3 Å². The van der Waals surface area contributed by atoms with Crippen molar-refractivity contribution in [3.63, 3.8) is 0 Å². The normalized spacial score (nSPS) is 10.3. The summed E-state index contributed by atoms with van der Waals surface area (Å²) in [6.45, 7) is 1.95. The molecule has 2 aromatic carbocycles. The van der Waals surface area contributed by atoms with Crippen LogP contribution in [0, 0.1) is 18.3 Å². The van der Waals surface area contributed by atoms with Crippen molar-refractivity contribution in [2.75, 3.05) is 0 Å². The molecule has 2 rings (SSSR count). The number of carbonyl (C=O) groups excluding carboxylic acids is 1. The Kier molecular flexibility index (Phi) is 4.85. The van der Waals surface area contributed by atoms with Crippen LogP contribution in [0.15, 0.2) is 52.0 Å². The van der Waals surface area contributed by atoms with Gasteiger partial charge in [-0.1, -0.05) is 34.1 Å². The van der Waals surface area contributed by atoms with E-state index in [2.05, 4.69) is 26.5 Å². The Bertz CT molecular complexity index is 730. The highest BCUT2D eigenvalue weighted by Gasteiger charge is 2.05. The highest BCUT2D eigenvalue weighted by molar-refractivity contribution is 9.10. The van der Waals surface area contributed by atoms with Crippen LogP contribution in [0.3, 0.4) is 0 Å². The van der Waals surface area contributed by atoms with Crippen LogP contribution in [0.5, 0.6) is 0 Å². The second-order valence-corrected chi connectivity index (χ2v) is 5.25. The Morgan fingerprint density at radius 3 is 2.62 bits per heavy atom. The summed E-state index contributed by atoms with van der Waals surface area (Å²) in [5.74, 6) is -0.277. The number of rotatable bonds is 3. The van der Waals surface area contributed by atoms with E-state index in [9.17, 15) is 4.79 Å². The molecule has 2 aromatic rings. The van der Waals surface area contributed by atoms with Crippen LogP contribution < -0.4 is 5.43 Å². The van der Waals surface area contributed by atoms with E-state index >= 15 is 0 Å². The van der Waals surface area contributed by atoms with Crippen LogP contribution >= 0.6 is 15.9 Å². The molecule has 21 heavy (non-hydrogen) atoms. The second-order valence-electron chi connectivity index (χ2n) is 4.40. The third-order valence-corrected chi connectivity index (χ3v) is 3.71. The summed E-state index contributed by atoms with van der Waals surface area (Å²) >= 11 is 3.39. The fraction of sp³-hybridized carbons (Fsp3) is 0.0625. The van der Waals surface area contributed by atoms with E-state index in [4.69, 9.17) is 5.26 Å². The molecule has 0 atom stereocenters. The maximum absolute atomic E-state index is 11.9. The number of nitrogens with one attached hydrogen (secondary N) is 1. The fourth-order valence-electron chi connectivity index (χ4n) is 1.61. The Morgan fingerprint density at radius 1 is 1.29 bits per heavy atom. The maximum atomic E-state index is 11.9. The molecule has 0 unspecified atom stereocenters. The van der Waals surface area contributed by atoms with Crippen LogP contribution in [0.25, 0.3) is 0 Å². The monoisotopic (exact) mass is 341 g/mol. The molecule has 0 aliphatic carbocycles. The first-order valence-corrected chi connectivity index (χ1v) is 6.99. The van der Waals surface area contributed by atoms with Crippen LogP contribution in [-0.4, -0.2) is 12.1 Å². The van der Waals surface area contributed by atoms with Crippen molar-refractivity contribution in [2.24, 2.45) is 5.10 Å². The summed E-state index contributed by atoms with van der Waals surface area (Å²) in [6, 6.07) is 14.3. The lowest BCUT2D eigenvalue weighted by Gasteiger charge is -2.02. The first-order chi connectivity index (χ1) is 10.1. The van der Waals surface area contributed by atoms with Gasteiger partial charge in [0.2, 0.25) is 0 Å². The molecule has 0 fully saturated rings. The third kappa shape index (κ3) is 4.01. The minimum absolute atomic E-state index is 0.277. The zero-order chi connectivity index (χ0) is 15.2. The van der Waals surface area contributed by atoms with Crippen molar-refractivity contribution in [3.05, 3.63) is 69.2 Å². The van der Waals surface area contributed by atoms with Gasteiger partial charge < -0.3 is 0 Å². The molecule has 0 saturated heterocycles. The molecule has 4 nitrogen and oxygen atoms in total. The molecule has 1 N–H and O–H groups in total. The second kappa shape index (κ2) is 6.82. The van der Waals surface area contributed by atoms with E-state index in [1.807, 2.05) is 19.1 Å². The summed E-state index contributed by atoms with van der Waals surface area (Å²) in [5, 5.41) is 12.6. The molecule has 0 aromatic heterocycles. The van der Waals surface area contributed by atoms with Crippen molar-refractivity contribution < 1.29 is 4.79 Å². The van der Waals surface area contributed by atoms with Gasteiger partial charge in [0.05, 0.1) is 17.8 Å². The van der Waals surface area contributed by atoms with Gasteiger partial charge in [-0.2, -0.15) is 10.4 Å². The van der Waals surface area contributed by atoms with Crippen molar-refractivity contribution in [2.45, 2.75) is 6.92 Å². The highest BCUT2D eigenvalue weighted by Crippen LogP contribution is 2.17. The number of aryl methyl sites for hydroxylation is 1. The topological polar surface area (TPSA) is 65.2 Å². The van der Waals surface area contributed by atoms with Crippen LogP contribution in [0.4, 0.5) is 0 Å². The number of amides is 1. The van der Waals surface area contributed by atoms with Gasteiger partial charge in [0, 0.05) is 10.0 Å². The van der Waals surface area contributed by atoms with Gasteiger partial charge in [-0.15, -0.1) is 0 Å². The lowest BCUT2D eigenvalue weighted by molar-refractivity contribution is 0.0955. The average molecular weight is 342 g/mol. The number of carbonyl (C=O) groups is 1. The van der Waals surface area contributed by atoms with Gasteiger partial charge in [0.1, 0.15) is 0 Å². The third-order valence-electron chi connectivity index (χ3n) is 2.85. The zero-order valence-corrected chi connectivity index (χ0v) is 12.9.